The van der Waals surface area contributed by atoms with Gasteiger partial charge in [0.15, 0.2) is 5.16 Å². The SMILES string of the molecule is COC(=O)CCSc1cc(Cl)nc(SC)n1. The third-order valence-corrected chi connectivity index (χ3v) is 3.27. The Morgan fingerprint density at radius 3 is 2.94 bits per heavy atom. The minimum atomic E-state index is -0.224. The van der Waals surface area contributed by atoms with E-state index in [4.69, 9.17) is 11.6 Å². The van der Waals surface area contributed by atoms with Crippen LogP contribution in [0, 0.1) is 0 Å². The summed E-state index contributed by atoms with van der Waals surface area (Å²) < 4.78 is 4.54. The Labute approximate surface area is 108 Å². The molecule has 0 spiro atoms. The molecule has 0 radical (unpaired) electrons. The molecule has 0 bridgehead atoms. The highest BCUT2D eigenvalue weighted by molar-refractivity contribution is 7.99. The van der Waals surface area contributed by atoms with Crippen molar-refractivity contribution in [2.24, 2.45) is 0 Å². The van der Waals surface area contributed by atoms with E-state index in [1.54, 1.807) is 6.07 Å². The summed E-state index contributed by atoms with van der Waals surface area (Å²) >= 11 is 8.72. The minimum Gasteiger partial charge on any atom is -0.469 e. The zero-order chi connectivity index (χ0) is 12.0. The van der Waals surface area contributed by atoms with E-state index in [-0.39, 0.29) is 5.97 Å². The predicted octanol–water partition coefficient (Wildman–Crippen LogP) is 2.51. The number of carbonyl (C=O) groups excluding carboxylic acids is 1. The molecule has 0 fully saturated rings. The molecule has 0 aliphatic rings. The largest absolute Gasteiger partial charge is 0.469 e. The van der Waals surface area contributed by atoms with Gasteiger partial charge in [-0.2, -0.15) is 0 Å². The van der Waals surface area contributed by atoms with Gasteiger partial charge in [-0.25, -0.2) is 9.97 Å². The molecule has 16 heavy (non-hydrogen) atoms. The first kappa shape index (κ1) is 13.6. The second-order valence-electron chi connectivity index (χ2n) is 2.69. The maximum absolute atomic E-state index is 10.9. The van der Waals surface area contributed by atoms with Crippen LogP contribution < -0.4 is 0 Å². The van der Waals surface area contributed by atoms with E-state index in [2.05, 4.69) is 14.7 Å². The van der Waals surface area contributed by atoms with E-state index in [9.17, 15) is 4.79 Å². The standard InChI is InChI=1S/C9H11ClN2O2S2/c1-14-8(13)3-4-16-7-5-6(10)11-9(12-7)15-2/h5H,3-4H2,1-2H3. The van der Waals surface area contributed by atoms with E-state index in [0.717, 1.165) is 5.03 Å². The summed E-state index contributed by atoms with van der Waals surface area (Å²) in [5, 5.41) is 1.82. The average molecular weight is 279 g/mol. The first-order valence-corrected chi connectivity index (χ1v) is 7.02. The Morgan fingerprint density at radius 2 is 2.31 bits per heavy atom. The van der Waals surface area contributed by atoms with Crippen LogP contribution in [0.25, 0.3) is 0 Å². The predicted molar refractivity (Wildman–Crippen MR) is 66.2 cm³/mol. The molecule has 0 aliphatic heterocycles. The number of rotatable bonds is 5. The van der Waals surface area contributed by atoms with Crippen molar-refractivity contribution in [3.8, 4) is 0 Å². The minimum absolute atomic E-state index is 0.224. The van der Waals surface area contributed by atoms with Gasteiger partial charge in [0.2, 0.25) is 0 Å². The lowest BCUT2D eigenvalue weighted by Gasteiger charge is -2.02. The molecule has 0 aliphatic carbocycles. The third kappa shape index (κ3) is 4.59. The molecule has 0 saturated heterocycles. The quantitative estimate of drug-likeness (QED) is 0.357. The molecule has 0 saturated carbocycles. The second kappa shape index (κ2) is 6.98. The normalized spacial score (nSPS) is 10.2. The van der Waals surface area contributed by atoms with E-state index in [0.29, 0.717) is 22.5 Å². The fourth-order valence-corrected chi connectivity index (χ4v) is 2.44. The van der Waals surface area contributed by atoms with Crippen molar-refractivity contribution < 1.29 is 9.53 Å². The van der Waals surface area contributed by atoms with Gasteiger partial charge in [0.25, 0.3) is 0 Å². The smallest absolute Gasteiger partial charge is 0.306 e. The van der Waals surface area contributed by atoms with Crippen LogP contribution in [0.15, 0.2) is 16.2 Å². The number of esters is 1. The lowest BCUT2D eigenvalue weighted by atomic mass is 10.5. The van der Waals surface area contributed by atoms with Crippen molar-refractivity contribution in [2.75, 3.05) is 19.1 Å². The van der Waals surface area contributed by atoms with Gasteiger partial charge in [0.05, 0.1) is 13.5 Å². The molecule has 1 aromatic heterocycles. The summed E-state index contributed by atoms with van der Waals surface area (Å²) in [5.41, 5.74) is 0. The number of thioether (sulfide) groups is 2. The Balaban J connectivity index is 2.53. The van der Waals surface area contributed by atoms with Crippen LogP contribution >= 0.6 is 35.1 Å². The van der Waals surface area contributed by atoms with Crippen LogP contribution in [0.5, 0.6) is 0 Å². The van der Waals surface area contributed by atoms with Gasteiger partial charge in [0.1, 0.15) is 10.2 Å². The van der Waals surface area contributed by atoms with Gasteiger partial charge in [-0.05, 0) is 6.26 Å². The van der Waals surface area contributed by atoms with Crippen LogP contribution in [0.1, 0.15) is 6.42 Å². The molecule has 4 nitrogen and oxygen atoms in total. The van der Waals surface area contributed by atoms with E-state index in [1.807, 2.05) is 6.26 Å². The Bertz CT molecular complexity index is 377. The average Bonchev–Trinajstić information content (AvgIpc) is 2.28. The molecule has 1 heterocycles. The molecule has 88 valence electrons. The molecular formula is C9H11ClN2O2S2. The highest BCUT2D eigenvalue weighted by atomic mass is 35.5. The highest BCUT2D eigenvalue weighted by Gasteiger charge is 2.05. The van der Waals surface area contributed by atoms with Crippen molar-refractivity contribution in [3.63, 3.8) is 0 Å². The zero-order valence-electron chi connectivity index (χ0n) is 8.90. The highest BCUT2D eigenvalue weighted by Crippen LogP contribution is 2.22. The van der Waals surface area contributed by atoms with Crippen molar-refractivity contribution in [1.82, 2.24) is 9.97 Å². The topological polar surface area (TPSA) is 52.1 Å². The number of hydrogen-bond donors (Lipinski definition) is 0. The van der Waals surface area contributed by atoms with Gasteiger partial charge >= 0.3 is 5.97 Å². The summed E-state index contributed by atoms with van der Waals surface area (Å²) in [7, 11) is 1.38. The number of aromatic nitrogens is 2. The lowest BCUT2D eigenvalue weighted by molar-refractivity contribution is -0.140. The fourth-order valence-electron chi connectivity index (χ4n) is 0.883. The summed E-state index contributed by atoms with van der Waals surface area (Å²) in [4.78, 5) is 19.2. The molecule has 1 aromatic rings. The first-order valence-electron chi connectivity index (χ1n) is 4.44. The van der Waals surface area contributed by atoms with Crippen LogP contribution in [-0.4, -0.2) is 35.1 Å². The van der Waals surface area contributed by atoms with Gasteiger partial charge < -0.3 is 4.74 Å². The fraction of sp³-hybridized carbons (Fsp3) is 0.444. The first-order chi connectivity index (χ1) is 7.65. The number of ether oxygens (including phenoxy) is 1. The summed E-state index contributed by atoms with van der Waals surface area (Å²) in [6.45, 7) is 0. The van der Waals surface area contributed by atoms with E-state index in [1.165, 1.54) is 30.6 Å². The molecule has 0 unspecified atom stereocenters. The summed E-state index contributed by atoms with van der Waals surface area (Å²) in [5.74, 6) is 0.395. The molecule has 0 amide bonds. The molecule has 0 N–H and O–H groups in total. The van der Waals surface area contributed by atoms with Gasteiger partial charge in [-0.15, -0.1) is 11.8 Å². The maximum atomic E-state index is 10.9. The monoisotopic (exact) mass is 278 g/mol. The number of halogens is 1. The van der Waals surface area contributed by atoms with Gasteiger partial charge in [0, 0.05) is 11.8 Å². The van der Waals surface area contributed by atoms with E-state index < -0.39 is 0 Å². The zero-order valence-corrected chi connectivity index (χ0v) is 11.3. The second-order valence-corrected chi connectivity index (χ2v) is 4.97. The summed E-state index contributed by atoms with van der Waals surface area (Å²) in [6.07, 6.45) is 2.24. The Hall–Kier alpha value is -0.460. The molecule has 7 heteroatoms. The Morgan fingerprint density at radius 1 is 1.56 bits per heavy atom. The van der Waals surface area contributed by atoms with Crippen molar-refractivity contribution >= 4 is 41.1 Å². The van der Waals surface area contributed by atoms with Crippen LogP contribution in [-0.2, 0) is 9.53 Å². The molecule has 0 aromatic carbocycles. The van der Waals surface area contributed by atoms with Crippen molar-refractivity contribution in [1.29, 1.82) is 0 Å². The molecule has 1 rings (SSSR count). The van der Waals surface area contributed by atoms with Crippen molar-refractivity contribution in [2.45, 2.75) is 16.6 Å². The summed E-state index contributed by atoms with van der Waals surface area (Å²) in [6, 6.07) is 1.68. The lowest BCUT2D eigenvalue weighted by Crippen LogP contribution is -2.01. The van der Waals surface area contributed by atoms with Crippen LogP contribution in [0.3, 0.4) is 0 Å². The number of hydrogen-bond acceptors (Lipinski definition) is 6. The maximum Gasteiger partial charge on any atom is 0.306 e. The van der Waals surface area contributed by atoms with Crippen LogP contribution in [0.4, 0.5) is 0 Å². The molecule has 0 atom stereocenters. The van der Waals surface area contributed by atoms with Crippen molar-refractivity contribution in [3.05, 3.63) is 11.2 Å². The van der Waals surface area contributed by atoms with E-state index >= 15 is 0 Å². The van der Waals surface area contributed by atoms with Crippen LogP contribution in [0.2, 0.25) is 5.15 Å². The number of methoxy groups -OCH3 is 1. The molecular weight excluding hydrogens is 268 g/mol. The Kier molecular flexibility index (Phi) is 5.94. The third-order valence-electron chi connectivity index (χ3n) is 1.62. The van der Waals surface area contributed by atoms with Gasteiger partial charge in [-0.3, -0.25) is 4.79 Å². The number of nitrogens with zero attached hydrogens (tertiary/aromatic N) is 2. The van der Waals surface area contributed by atoms with Gasteiger partial charge in [-0.1, -0.05) is 23.4 Å². The number of carbonyl (C=O) groups is 1.